The Hall–Kier alpha value is -2.26. The summed E-state index contributed by atoms with van der Waals surface area (Å²) in [6, 6.07) is 13.0. The molecule has 2 heterocycles. The van der Waals surface area contributed by atoms with E-state index >= 15 is 0 Å². The monoisotopic (exact) mass is 436 g/mol. The van der Waals surface area contributed by atoms with Crippen molar-refractivity contribution >= 4 is 21.4 Å². The lowest BCUT2D eigenvalue weighted by Crippen LogP contribution is -2.52. The number of methoxy groups -OCH3 is 1. The maximum atomic E-state index is 14.0. The van der Waals surface area contributed by atoms with Gasteiger partial charge in [-0.25, -0.2) is 8.78 Å². The summed E-state index contributed by atoms with van der Waals surface area (Å²) in [4.78, 5) is 1.06. The van der Waals surface area contributed by atoms with Crippen LogP contribution in [0.25, 0.3) is 10.1 Å². The molecular weight excluding hydrogens is 414 g/mol. The van der Waals surface area contributed by atoms with Gasteiger partial charge in [-0.3, -0.25) is 0 Å². The Labute approximate surface area is 176 Å². The summed E-state index contributed by atoms with van der Waals surface area (Å²) in [6.45, 7) is -1.16. The number of fused-ring (bicyclic) bond motifs is 1. The van der Waals surface area contributed by atoms with E-state index in [-0.39, 0.29) is 11.3 Å². The molecule has 30 heavy (non-hydrogen) atoms. The minimum atomic E-state index is -2.06. The Morgan fingerprint density at radius 2 is 1.90 bits per heavy atom. The third kappa shape index (κ3) is 3.76. The predicted octanol–water partition coefficient (Wildman–Crippen LogP) is 3.68. The fourth-order valence-corrected chi connectivity index (χ4v) is 4.90. The van der Waals surface area contributed by atoms with Crippen LogP contribution in [0, 0.1) is 0 Å². The van der Waals surface area contributed by atoms with Crippen LogP contribution in [0.3, 0.4) is 0 Å². The van der Waals surface area contributed by atoms with Gasteiger partial charge in [0.1, 0.15) is 42.6 Å². The van der Waals surface area contributed by atoms with E-state index in [0.29, 0.717) is 17.7 Å². The minimum Gasteiger partial charge on any atom is -0.507 e. The van der Waals surface area contributed by atoms with Crippen LogP contribution in [0.4, 0.5) is 8.78 Å². The lowest BCUT2D eigenvalue weighted by atomic mass is 9.90. The fourth-order valence-electron chi connectivity index (χ4n) is 3.81. The van der Waals surface area contributed by atoms with E-state index < -0.39 is 37.3 Å². The zero-order chi connectivity index (χ0) is 21.4. The summed E-state index contributed by atoms with van der Waals surface area (Å²) in [5, 5.41) is 31.9. The van der Waals surface area contributed by atoms with E-state index in [1.165, 1.54) is 13.2 Å². The lowest BCUT2D eigenvalue weighted by Gasteiger charge is -2.39. The number of aromatic hydroxyl groups is 1. The van der Waals surface area contributed by atoms with Crippen LogP contribution in [0.15, 0.2) is 42.5 Å². The molecule has 0 radical (unpaired) electrons. The largest absolute Gasteiger partial charge is 0.507 e. The second-order valence-electron chi connectivity index (χ2n) is 7.33. The number of aliphatic hydroxyl groups excluding tert-OH is 2. The number of phenolic OH excluding ortho intramolecular Hbond substituents is 1. The number of alkyl halides is 2. The van der Waals surface area contributed by atoms with E-state index in [4.69, 9.17) is 9.47 Å². The van der Waals surface area contributed by atoms with E-state index in [2.05, 4.69) is 6.07 Å². The SMILES string of the molecule is COc1cc(O)c([C@@H]2O[C@H](CF)[C@@H](F)[C@H](O)[C@H]2O)cc1Cc1cc2ccccc2s1. The van der Waals surface area contributed by atoms with E-state index in [1.54, 1.807) is 17.4 Å². The Balaban J connectivity index is 1.71. The van der Waals surface area contributed by atoms with Crippen LogP contribution in [-0.2, 0) is 11.2 Å². The number of aliphatic hydroxyl groups is 2. The highest BCUT2D eigenvalue weighted by Crippen LogP contribution is 2.41. The number of halogens is 2. The molecular formula is C22H22F2O5S. The molecule has 0 bridgehead atoms. The molecule has 0 spiro atoms. The highest BCUT2D eigenvalue weighted by molar-refractivity contribution is 7.19. The van der Waals surface area contributed by atoms with Crippen LogP contribution in [0.5, 0.6) is 11.5 Å². The van der Waals surface area contributed by atoms with Gasteiger partial charge < -0.3 is 24.8 Å². The number of phenols is 1. The number of hydrogen-bond acceptors (Lipinski definition) is 6. The van der Waals surface area contributed by atoms with Gasteiger partial charge in [-0.1, -0.05) is 18.2 Å². The van der Waals surface area contributed by atoms with Crippen molar-refractivity contribution in [1.82, 2.24) is 0 Å². The molecule has 1 saturated heterocycles. The maximum Gasteiger partial charge on any atom is 0.157 e. The Morgan fingerprint density at radius 1 is 1.13 bits per heavy atom. The van der Waals surface area contributed by atoms with Crippen molar-refractivity contribution in [3.8, 4) is 11.5 Å². The maximum absolute atomic E-state index is 14.0. The zero-order valence-corrected chi connectivity index (χ0v) is 17.0. The average molecular weight is 436 g/mol. The van der Waals surface area contributed by atoms with Gasteiger partial charge in [-0.2, -0.15) is 0 Å². The molecule has 160 valence electrons. The summed E-state index contributed by atoms with van der Waals surface area (Å²) in [5.41, 5.74) is 0.852. The van der Waals surface area contributed by atoms with Gasteiger partial charge in [-0.15, -0.1) is 11.3 Å². The van der Waals surface area contributed by atoms with Crippen LogP contribution >= 0.6 is 11.3 Å². The molecule has 0 amide bonds. The van der Waals surface area contributed by atoms with Gasteiger partial charge >= 0.3 is 0 Å². The highest BCUT2D eigenvalue weighted by Gasteiger charge is 2.46. The van der Waals surface area contributed by atoms with Crippen molar-refractivity contribution in [3.63, 3.8) is 0 Å². The first-order chi connectivity index (χ1) is 14.4. The van der Waals surface area contributed by atoms with Gasteiger partial charge in [0.2, 0.25) is 0 Å². The molecule has 5 nitrogen and oxygen atoms in total. The molecule has 8 heteroatoms. The first-order valence-electron chi connectivity index (χ1n) is 9.51. The van der Waals surface area contributed by atoms with Crippen molar-refractivity contribution in [2.45, 2.75) is 37.0 Å². The standard InChI is InChI=1S/C22H22F2O5S/c1-28-16-9-15(25)14(22-21(27)20(26)19(24)17(10-23)29-22)8-12(16)7-13-6-11-4-2-3-5-18(11)30-13/h2-6,8-9,17,19-22,25-27H,7,10H2,1H3/t17-,19-,20+,21-,22+/m1/s1. The summed E-state index contributed by atoms with van der Waals surface area (Å²) in [5.74, 6) is 0.183. The first-order valence-corrected chi connectivity index (χ1v) is 10.3. The molecule has 1 fully saturated rings. The topological polar surface area (TPSA) is 79.2 Å². The smallest absolute Gasteiger partial charge is 0.157 e. The van der Waals surface area contributed by atoms with Gasteiger partial charge in [-0.05, 0) is 29.1 Å². The van der Waals surface area contributed by atoms with Crippen LogP contribution in [0.2, 0.25) is 0 Å². The molecule has 5 atom stereocenters. The molecule has 2 aromatic carbocycles. The third-order valence-electron chi connectivity index (χ3n) is 5.39. The predicted molar refractivity (Wildman–Crippen MR) is 110 cm³/mol. The Morgan fingerprint density at radius 3 is 2.60 bits per heavy atom. The van der Waals surface area contributed by atoms with Crippen molar-refractivity contribution in [3.05, 3.63) is 58.5 Å². The van der Waals surface area contributed by atoms with Crippen LogP contribution in [-0.4, -0.2) is 53.6 Å². The van der Waals surface area contributed by atoms with Gasteiger partial charge in [0, 0.05) is 27.6 Å². The molecule has 1 aromatic heterocycles. The summed E-state index contributed by atoms with van der Waals surface area (Å²) in [6.07, 6.45) is -7.85. The highest BCUT2D eigenvalue weighted by atomic mass is 32.1. The molecule has 1 aliphatic rings. The third-order valence-corrected chi connectivity index (χ3v) is 6.51. The lowest BCUT2D eigenvalue weighted by molar-refractivity contribution is -0.209. The Kier molecular flexibility index (Phi) is 5.92. The second-order valence-corrected chi connectivity index (χ2v) is 8.49. The molecule has 3 aromatic rings. The van der Waals surface area contributed by atoms with Crippen LogP contribution < -0.4 is 4.74 Å². The number of thiophene rings is 1. The first kappa shape index (κ1) is 21.0. The average Bonchev–Trinajstić information content (AvgIpc) is 3.16. The molecule has 1 aliphatic heterocycles. The summed E-state index contributed by atoms with van der Waals surface area (Å²) < 4.78 is 39.1. The second kappa shape index (κ2) is 8.47. The van der Waals surface area contributed by atoms with Crippen molar-refractivity contribution < 1.29 is 33.6 Å². The van der Waals surface area contributed by atoms with E-state index in [9.17, 15) is 24.1 Å². The van der Waals surface area contributed by atoms with Gasteiger partial charge in [0.05, 0.1) is 7.11 Å². The zero-order valence-electron chi connectivity index (χ0n) is 16.2. The number of ether oxygens (including phenoxy) is 2. The molecule has 0 saturated carbocycles. The summed E-state index contributed by atoms with van der Waals surface area (Å²) in [7, 11) is 1.48. The van der Waals surface area contributed by atoms with Gasteiger partial charge in [0.25, 0.3) is 0 Å². The quantitative estimate of drug-likeness (QED) is 0.569. The number of rotatable bonds is 5. The van der Waals surface area contributed by atoms with Crippen molar-refractivity contribution in [1.29, 1.82) is 0 Å². The fraction of sp³-hybridized carbons (Fsp3) is 0.364. The van der Waals surface area contributed by atoms with Crippen molar-refractivity contribution in [2.75, 3.05) is 13.8 Å². The van der Waals surface area contributed by atoms with E-state index in [1.807, 2.05) is 24.3 Å². The molecule has 0 aliphatic carbocycles. The molecule has 4 rings (SSSR count). The molecule has 3 N–H and O–H groups in total. The van der Waals surface area contributed by atoms with Gasteiger partial charge in [0.15, 0.2) is 6.17 Å². The minimum absolute atomic E-state index is 0.142. The van der Waals surface area contributed by atoms with E-state index in [0.717, 1.165) is 15.0 Å². The summed E-state index contributed by atoms with van der Waals surface area (Å²) >= 11 is 1.62. The Bertz CT molecular complexity index is 1000. The number of hydrogen-bond donors (Lipinski definition) is 3. The number of benzene rings is 2. The normalized spacial score (nSPS) is 26.8. The molecule has 0 unspecified atom stereocenters. The van der Waals surface area contributed by atoms with Crippen LogP contribution in [0.1, 0.15) is 22.1 Å². The van der Waals surface area contributed by atoms with Crippen molar-refractivity contribution in [2.24, 2.45) is 0 Å².